The molecule has 0 spiro atoms. The standard InChI is InChI=1S/C12H11FN2O3/c1-2-7-4-3-5-8(6-7)15-11(17)9(13)10(16)14-12(15)18/h3-6,17H,2H2,1H3,(H,14,16,18). The van der Waals surface area contributed by atoms with Crippen LogP contribution in [0.5, 0.6) is 5.88 Å². The van der Waals surface area contributed by atoms with Crippen LogP contribution in [0.1, 0.15) is 12.5 Å². The van der Waals surface area contributed by atoms with Crippen LogP contribution in [0.25, 0.3) is 5.69 Å². The molecule has 0 atom stereocenters. The van der Waals surface area contributed by atoms with Gasteiger partial charge in [0.15, 0.2) is 0 Å². The summed E-state index contributed by atoms with van der Waals surface area (Å²) in [5, 5.41) is 9.54. The minimum absolute atomic E-state index is 0.298. The number of aromatic nitrogens is 2. The predicted molar refractivity (Wildman–Crippen MR) is 63.7 cm³/mol. The van der Waals surface area contributed by atoms with Gasteiger partial charge in [0.2, 0.25) is 11.7 Å². The van der Waals surface area contributed by atoms with Gasteiger partial charge in [-0.3, -0.25) is 9.78 Å². The summed E-state index contributed by atoms with van der Waals surface area (Å²) in [4.78, 5) is 24.4. The molecule has 0 bridgehead atoms. The fraction of sp³-hybridized carbons (Fsp3) is 0.167. The Morgan fingerprint density at radius 3 is 2.78 bits per heavy atom. The summed E-state index contributed by atoms with van der Waals surface area (Å²) in [7, 11) is 0. The number of rotatable bonds is 2. The normalized spacial score (nSPS) is 10.6. The van der Waals surface area contributed by atoms with Gasteiger partial charge in [-0.05, 0) is 24.1 Å². The van der Waals surface area contributed by atoms with Crippen LogP contribution in [0.15, 0.2) is 33.9 Å². The van der Waals surface area contributed by atoms with Crippen molar-refractivity contribution in [1.82, 2.24) is 9.55 Å². The number of H-pyrrole nitrogens is 1. The van der Waals surface area contributed by atoms with Crippen molar-refractivity contribution in [1.29, 1.82) is 0 Å². The number of nitrogens with zero attached hydrogens (tertiary/aromatic N) is 1. The average Bonchev–Trinajstić information content (AvgIpc) is 2.36. The second-order valence-electron chi connectivity index (χ2n) is 3.76. The molecule has 0 unspecified atom stereocenters. The van der Waals surface area contributed by atoms with Crippen LogP contribution >= 0.6 is 0 Å². The molecule has 2 aromatic rings. The molecule has 2 N–H and O–H groups in total. The molecule has 6 heteroatoms. The van der Waals surface area contributed by atoms with Crippen molar-refractivity contribution < 1.29 is 9.50 Å². The predicted octanol–water partition coefficient (Wildman–Crippen LogP) is 0.933. The van der Waals surface area contributed by atoms with Gasteiger partial charge in [-0.1, -0.05) is 19.1 Å². The number of benzene rings is 1. The summed E-state index contributed by atoms with van der Waals surface area (Å²) < 4.78 is 14.0. The number of halogens is 1. The summed E-state index contributed by atoms with van der Waals surface area (Å²) in [5.41, 5.74) is -0.898. The third kappa shape index (κ3) is 1.92. The molecule has 1 aromatic heterocycles. The summed E-state index contributed by atoms with van der Waals surface area (Å²) in [6, 6.07) is 6.70. The quantitative estimate of drug-likeness (QED) is 0.832. The van der Waals surface area contributed by atoms with E-state index in [1.807, 2.05) is 13.0 Å². The van der Waals surface area contributed by atoms with Gasteiger partial charge >= 0.3 is 5.69 Å². The molecule has 2 rings (SSSR count). The van der Waals surface area contributed by atoms with Crippen LogP contribution in [0.4, 0.5) is 4.39 Å². The van der Waals surface area contributed by atoms with Gasteiger partial charge in [-0.15, -0.1) is 0 Å². The molecular weight excluding hydrogens is 239 g/mol. The van der Waals surface area contributed by atoms with Crippen molar-refractivity contribution in [3.63, 3.8) is 0 Å². The van der Waals surface area contributed by atoms with Crippen LogP contribution in [-0.2, 0) is 6.42 Å². The zero-order chi connectivity index (χ0) is 13.3. The zero-order valence-electron chi connectivity index (χ0n) is 9.61. The highest BCUT2D eigenvalue weighted by Gasteiger charge is 2.14. The van der Waals surface area contributed by atoms with Gasteiger partial charge in [0, 0.05) is 0 Å². The number of hydrogen-bond acceptors (Lipinski definition) is 3. The molecule has 5 nitrogen and oxygen atoms in total. The van der Waals surface area contributed by atoms with E-state index in [0.29, 0.717) is 5.69 Å². The van der Waals surface area contributed by atoms with Crippen molar-refractivity contribution in [2.24, 2.45) is 0 Å². The average molecular weight is 250 g/mol. The summed E-state index contributed by atoms with van der Waals surface area (Å²) in [5.74, 6) is -2.37. The topological polar surface area (TPSA) is 75.1 Å². The number of aryl methyl sites for hydroxylation is 1. The van der Waals surface area contributed by atoms with E-state index in [0.717, 1.165) is 16.6 Å². The van der Waals surface area contributed by atoms with Crippen molar-refractivity contribution in [2.75, 3.05) is 0 Å². The highest BCUT2D eigenvalue weighted by molar-refractivity contribution is 5.38. The Morgan fingerprint density at radius 1 is 1.39 bits per heavy atom. The van der Waals surface area contributed by atoms with Gasteiger partial charge in [0.25, 0.3) is 5.56 Å². The SMILES string of the molecule is CCc1cccc(-n2c(O)c(F)c(=O)[nH]c2=O)c1. The van der Waals surface area contributed by atoms with E-state index in [1.54, 1.807) is 17.1 Å². The highest BCUT2D eigenvalue weighted by atomic mass is 19.1. The van der Waals surface area contributed by atoms with Gasteiger partial charge in [-0.2, -0.15) is 4.39 Å². The van der Waals surface area contributed by atoms with E-state index in [4.69, 9.17) is 0 Å². The van der Waals surface area contributed by atoms with Gasteiger partial charge in [0.05, 0.1) is 5.69 Å². The van der Waals surface area contributed by atoms with Crippen LogP contribution in [-0.4, -0.2) is 14.7 Å². The second-order valence-corrected chi connectivity index (χ2v) is 3.76. The van der Waals surface area contributed by atoms with Crippen molar-refractivity contribution >= 4 is 0 Å². The lowest BCUT2D eigenvalue weighted by Crippen LogP contribution is -2.30. The van der Waals surface area contributed by atoms with Crippen LogP contribution < -0.4 is 11.2 Å². The smallest absolute Gasteiger partial charge is 0.335 e. The van der Waals surface area contributed by atoms with Gasteiger partial charge in [-0.25, -0.2) is 9.36 Å². The molecule has 18 heavy (non-hydrogen) atoms. The van der Waals surface area contributed by atoms with E-state index in [2.05, 4.69) is 0 Å². The Hall–Kier alpha value is -2.37. The van der Waals surface area contributed by atoms with Crippen molar-refractivity contribution in [2.45, 2.75) is 13.3 Å². The monoisotopic (exact) mass is 250 g/mol. The van der Waals surface area contributed by atoms with Crippen molar-refractivity contribution in [3.05, 3.63) is 56.5 Å². The Bertz CT molecular complexity index is 703. The third-order valence-corrected chi connectivity index (χ3v) is 2.61. The zero-order valence-corrected chi connectivity index (χ0v) is 9.61. The molecule has 0 fully saturated rings. The maximum Gasteiger partial charge on any atom is 0.335 e. The molecule has 0 aliphatic rings. The molecule has 0 aliphatic heterocycles. The first-order valence-corrected chi connectivity index (χ1v) is 5.37. The molecule has 94 valence electrons. The third-order valence-electron chi connectivity index (χ3n) is 2.61. The minimum atomic E-state index is -1.38. The Balaban J connectivity index is 2.75. The van der Waals surface area contributed by atoms with Gasteiger partial charge in [0.1, 0.15) is 0 Å². The molecule has 0 radical (unpaired) electrons. The van der Waals surface area contributed by atoms with Crippen LogP contribution in [0.2, 0.25) is 0 Å². The summed E-state index contributed by atoms with van der Waals surface area (Å²) in [6.07, 6.45) is 0.731. The van der Waals surface area contributed by atoms with E-state index in [1.165, 1.54) is 6.07 Å². The maximum absolute atomic E-state index is 13.3. The molecule has 0 amide bonds. The Kier molecular flexibility index (Phi) is 3.01. The number of aromatic amines is 1. The van der Waals surface area contributed by atoms with E-state index in [9.17, 15) is 19.1 Å². The highest BCUT2D eigenvalue weighted by Crippen LogP contribution is 2.16. The lowest BCUT2D eigenvalue weighted by molar-refractivity contribution is 0.386. The first kappa shape index (κ1) is 12.1. The molecular formula is C12H11FN2O3. The molecule has 0 saturated heterocycles. The maximum atomic E-state index is 13.3. The molecule has 1 heterocycles. The fourth-order valence-corrected chi connectivity index (χ4v) is 1.66. The summed E-state index contributed by atoms with van der Waals surface area (Å²) in [6.45, 7) is 1.93. The minimum Gasteiger partial charge on any atom is -0.492 e. The first-order valence-electron chi connectivity index (χ1n) is 5.37. The van der Waals surface area contributed by atoms with Gasteiger partial charge < -0.3 is 5.11 Å². The Morgan fingerprint density at radius 2 is 2.11 bits per heavy atom. The number of nitrogens with one attached hydrogen (secondary N) is 1. The lowest BCUT2D eigenvalue weighted by atomic mass is 10.1. The van der Waals surface area contributed by atoms with E-state index >= 15 is 0 Å². The molecule has 0 aliphatic carbocycles. The first-order chi connectivity index (χ1) is 8.54. The largest absolute Gasteiger partial charge is 0.492 e. The van der Waals surface area contributed by atoms with Crippen LogP contribution in [0.3, 0.4) is 0 Å². The second kappa shape index (κ2) is 4.48. The van der Waals surface area contributed by atoms with E-state index in [-0.39, 0.29) is 0 Å². The van der Waals surface area contributed by atoms with Crippen molar-refractivity contribution in [3.8, 4) is 11.6 Å². The van der Waals surface area contributed by atoms with E-state index < -0.39 is 22.9 Å². The van der Waals surface area contributed by atoms with Crippen LogP contribution in [0, 0.1) is 5.82 Å². The summed E-state index contributed by atoms with van der Waals surface area (Å²) >= 11 is 0. The number of aromatic hydroxyl groups is 1. The molecule has 0 saturated carbocycles. The lowest BCUT2D eigenvalue weighted by Gasteiger charge is -2.09. The fourth-order valence-electron chi connectivity index (χ4n) is 1.66. The molecule has 1 aromatic carbocycles. The number of hydrogen-bond donors (Lipinski definition) is 2. The Labute approximate surface area is 101 Å².